The molecule has 2 unspecified atom stereocenters. The lowest BCUT2D eigenvalue weighted by Crippen LogP contribution is -2.44. The summed E-state index contributed by atoms with van der Waals surface area (Å²) in [4.78, 5) is 32.1. The quantitative estimate of drug-likeness (QED) is 0.427. The number of aromatic nitrogens is 1. The Morgan fingerprint density at radius 3 is 2.61 bits per heavy atom. The lowest BCUT2D eigenvalue weighted by atomic mass is 10.0. The van der Waals surface area contributed by atoms with Crippen LogP contribution in [0.3, 0.4) is 0 Å². The number of pyridine rings is 1. The fraction of sp³-hybridized carbons (Fsp3) is 0.480. The van der Waals surface area contributed by atoms with E-state index >= 15 is 0 Å². The predicted octanol–water partition coefficient (Wildman–Crippen LogP) is 5.16. The molecule has 8 heteroatoms. The lowest BCUT2D eigenvalue weighted by Gasteiger charge is -2.27. The zero-order chi connectivity index (χ0) is 24.2. The van der Waals surface area contributed by atoms with Crippen molar-refractivity contribution in [3.05, 3.63) is 58.1 Å². The van der Waals surface area contributed by atoms with Gasteiger partial charge in [0.1, 0.15) is 23.5 Å². The first-order valence-electron chi connectivity index (χ1n) is 11.0. The molecular formula is C25H32N2O5S. The number of nitrogens with zero attached hydrogens (tertiary/aromatic N) is 2. The fourth-order valence-corrected chi connectivity index (χ4v) is 4.59. The first-order valence-corrected chi connectivity index (χ1v) is 11.9. The van der Waals surface area contributed by atoms with Crippen molar-refractivity contribution < 1.29 is 23.8 Å². The summed E-state index contributed by atoms with van der Waals surface area (Å²) in [5.41, 5.74) is 1.36. The van der Waals surface area contributed by atoms with E-state index in [1.807, 2.05) is 42.6 Å². The van der Waals surface area contributed by atoms with E-state index in [1.54, 1.807) is 38.3 Å². The molecule has 0 aliphatic carbocycles. The second kappa shape index (κ2) is 10.4. The molecule has 178 valence electrons. The normalized spacial score (nSPS) is 19.8. The number of hydrogen-bond acceptors (Lipinski definition) is 7. The Bertz CT molecular complexity index is 996. The molecule has 1 saturated heterocycles. The first-order chi connectivity index (χ1) is 15.6. The van der Waals surface area contributed by atoms with Gasteiger partial charge < -0.3 is 14.2 Å². The smallest absolute Gasteiger partial charge is 0.411 e. The van der Waals surface area contributed by atoms with Crippen molar-refractivity contribution in [2.45, 2.75) is 64.7 Å². The number of likely N-dealkylation sites (tertiary alicyclic amines) is 1. The van der Waals surface area contributed by atoms with Crippen molar-refractivity contribution in [2.75, 3.05) is 13.7 Å². The van der Waals surface area contributed by atoms with Gasteiger partial charge in [0.25, 0.3) is 0 Å². The van der Waals surface area contributed by atoms with Crippen molar-refractivity contribution in [2.24, 2.45) is 0 Å². The maximum atomic E-state index is 12.8. The summed E-state index contributed by atoms with van der Waals surface area (Å²) in [6, 6.07) is 7.11. The second-order valence-electron chi connectivity index (χ2n) is 9.15. The van der Waals surface area contributed by atoms with Gasteiger partial charge in [0.05, 0.1) is 18.5 Å². The molecular weight excluding hydrogens is 440 g/mol. The van der Waals surface area contributed by atoms with E-state index in [2.05, 4.69) is 11.9 Å². The second-order valence-corrected chi connectivity index (χ2v) is 10.1. The summed E-state index contributed by atoms with van der Waals surface area (Å²) >= 11 is 1.59. The van der Waals surface area contributed by atoms with Gasteiger partial charge in [-0.3, -0.25) is 9.88 Å². The number of ether oxygens (including phenoxy) is 3. The van der Waals surface area contributed by atoms with Gasteiger partial charge in [-0.05, 0) is 62.9 Å². The molecule has 2 aromatic heterocycles. The van der Waals surface area contributed by atoms with Gasteiger partial charge in [-0.1, -0.05) is 13.0 Å². The number of amides is 1. The average Bonchev–Trinajstić information content (AvgIpc) is 3.38. The van der Waals surface area contributed by atoms with Crippen LogP contribution in [-0.4, -0.2) is 53.3 Å². The van der Waals surface area contributed by atoms with Crippen LogP contribution in [0.5, 0.6) is 0 Å². The molecule has 3 rings (SSSR count). The molecule has 7 nitrogen and oxygen atoms in total. The number of hydrogen-bond donors (Lipinski definition) is 0. The van der Waals surface area contributed by atoms with E-state index < -0.39 is 23.7 Å². The summed E-state index contributed by atoms with van der Waals surface area (Å²) in [5, 5.41) is 2.02. The van der Waals surface area contributed by atoms with Crippen LogP contribution in [0.4, 0.5) is 4.79 Å². The Kier molecular flexibility index (Phi) is 7.79. The summed E-state index contributed by atoms with van der Waals surface area (Å²) in [6.07, 6.45) is 3.21. The molecule has 0 N–H and O–H groups in total. The first kappa shape index (κ1) is 24.8. The third kappa shape index (κ3) is 6.35. The summed E-state index contributed by atoms with van der Waals surface area (Å²) in [6.45, 7) is 9.71. The SMILES string of the molecule is COC(=O)[C@@H]1CC(O/C(=C/C(C)c2ccccn2)c2sccc2C)CN1C(=O)OC(C)(C)C. The number of thiophene rings is 1. The molecule has 2 aromatic rings. The molecule has 0 bridgehead atoms. The summed E-state index contributed by atoms with van der Waals surface area (Å²) in [7, 11) is 1.32. The number of methoxy groups -OCH3 is 1. The standard InChI is InChI=1S/C25H32N2O5S/c1-16-10-12-33-22(16)21(13-17(2)19-9-7-8-11-26-19)31-18-14-20(23(28)30-6)27(15-18)24(29)32-25(3,4)5/h7-13,17-18,20H,14-15H2,1-6H3/b21-13+/t17?,18?,20-/m0/s1. The Hall–Kier alpha value is -2.87. The van der Waals surface area contributed by atoms with Crippen molar-refractivity contribution in [3.8, 4) is 0 Å². The Morgan fingerprint density at radius 1 is 1.27 bits per heavy atom. The zero-order valence-electron chi connectivity index (χ0n) is 20.0. The number of esters is 1. The van der Waals surface area contributed by atoms with Crippen LogP contribution in [0.2, 0.25) is 0 Å². The van der Waals surface area contributed by atoms with Gasteiger partial charge >= 0.3 is 12.1 Å². The van der Waals surface area contributed by atoms with Crippen molar-refractivity contribution >= 4 is 29.2 Å². The van der Waals surface area contributed by atoms with E-state index in [1.165, 1.54) is 12.0 Å². The van der Waals surface area contributed by atoms with E-state index in [-0.39, 0.29) is 18.6 Å². The third-order valence-electron chi connectivity index (χ3n) is 5.30. The minimum absolute atomic E-state index is 0.0162. The van der Waals surface area contributed by atoms with Gasteiger partial charge in [0.2, 0.25) is 0 Å². The number of carbonyl (C=O) groups is 2. The van der Waals surface area contributed by atoms with Gasteiger partial charge in [0, 0.05) is 24.2 Å². The summed E-state index contributed by atoms with van der Waals surface area (Å²) < 4.78 is 16.9. The van der Waals surface area contributed by atoms with E-state index in [0.29, 0.717) is 6.42 Å². The maximum absolute atomic E-state index is 12.8. The topological polar surface area (TPSA) is 78.0 Å². The maximum Gasteiger partial charge on any atom is 0.411 e. The van der Waals surface area contributed by atoms with Crippen LogP contribution < -0.4 is 0 Å². The van der Waals surface area contributed by atoms with Gasteiger partial charge in [-0.2, -0.15) is 0 Å². The largest absolute Gasteiger partial charge is 0.487 e. The minimum atomic E-state index is -0.756. The van der Waals surface area contributed by atoms with Crippen LogP contribution >= 0.6 is 11.3 Å². The Labute approximate surface area is 199 Å². The van der Waals surface area contributed by atoms with E-state index in [0.717, 1.165) is 21.9 Å². The average molecular weight is 473 g/mol. The molecule has 1 aliphatic rings. The molecule has 1 amide bonds. The molecule has 3 heterocycles. The number of allylic oxidation sites excluding steroid dienone is 1. The fourth-order valence-electron chi connectivity index (χ4n) is 3.70. The van der Waals surface area contributed by atoms with E-state index in [4.69, 9.17) is 14.2 Å². The monoisotopic (exact) mass is 472 g/mol. The Balaban J connectivity index is 1.86. The van der Waals surface area contributed by atoms with Crippen molar-refractivity contribution in [3.63, 3.8) is 0 Å². The summed E-state index contributed by atoms with van der Waals surface area (Å²) in [5.74, 6) is 0.259. The Morgan fingerprint density at radius 2 is 2.03 bits per heavy atom. The number of carbonyl (C=O) groups excluding carboxylic acids is 2. The molecule has 1 fully saturated rings. The van der Waals surface area contributed by atoms with Crippen LogP contribution in [0.1, 0.15) is 56.2 Å². The molecule has 0 aromatic carbocycles. The third-order valence-corrected chi connectivity index (χ3v) is 6.33. The van der Waals surface area contributed by atoms with Gasteiger partial charge in [-0.25, -0.2) is 9.59 Å². The molecule has 0 spiro atoms. The highest BCUT2D eigenvalue weighted by molar-refractivity contribution is 7.11. The van der Waals surface area contributed by atoms with E-state index in [9.17, 15) is 9.59 Å². The lowest BCUT2D eigenvalue weighted by molar-refractivity contribution is -0.145. The number of aryl methyl sites for hydroxylation is 1. The van der Waals surface area contributed by atoms with Crippen molar-refractivity contribution in [1.29, 1.82) is 0 Å². The van der Waals surface area contributed by atoms with Crippen LogP contribution in [0, 0.1) is 6.92 Å². The van der Waals surface area contributed by atoms with Gasteiger partial charge in [0.15, 0.2) is 0 Å². The highest BCUT2D eigenvalue weighted by atomic mass is 32.1. The predicted molar refractivity (Wildman–Crippen MR) is 128 cm³/mol. The highest BCUT2D eigenvalue weighted by Crippen LogP contribution is 2.33. The highest BCUT2D eigenvalue weighted by Gasteiger charge is 2.43. The molecule has 0 radical (unpaired) electrons. The molecule has 1 aliphatic heterocycles. The van der Waals surface area contributed by atoms with Crippen LogP contribution in [-0.2, 0) is 19.0 Å². The minimum Gasteiger partial charge on any atom is -0.487 e. The number of rotatable bonds is 6. The van der Waals surface area contributed by atoms with Crippen molar-refractivity contribution in [1.82, 2.24) is 9.88 Å². The van der Waals surface area contributed by atoms with Crippen LogP contribution in [0.25, 0.3) is 5.76 Å². The molecule has 3 atom stereocenters. The van der Waals surface area contributed by atoms with Gasteiger partial charge in [-0.15, -0.1) is 11.3 Å². The zero-order valence-corrected chi connectivity index (χ0v) is 20.8. The molecule has 0 saturated carbocycles. The van der Waals surface area contributed by atoms with Crippen LogP contribution in [0.15, 0.2) is 41.9 Å². The molecule has 33 heavy (non-hydrogen) atoms.